The summed E-state index contributed by atoms with van der Waals surface area (Å²) in [7, 11) is 0. The van der Waals surface area contributed by atoms with Gasteiger partial charge in [0.15, 0.2) is 0 Å². The maximum Gasteiger partial charge on any atom is 0.140 e. The van der Waals surface area contributed by atoms with Crippen LogP contribution in [-0.2, 0) is 13.0 Å². The molecule has 1 heterocycles. The number of ether oxygens (including phenoxy) is 1. The maximum absolute atomic E-state index is 7.54. The summed E-state index contributed by atoms with van der Waals surface area (Å²) in [6.45, 7) is 4.31. The zero-order chi connectivity index (χ0) is 14.7. The predicted molar refractivity (Wildman–Crippen MR) is 83.0 cm³/mol. The van der Waals surface area contributed by atoms with Crippen molar-refractivity contribution in [2.75, 3.05) is 0 Å². The Labute approximate surface area is 127 Å². The lowest BCUT2D eigenvalue weighted by Gasteiger charge is -2.07. The minimum absolute atomic E-state index is 0.0632. The van der Waals surface area contributed by atoms with Crippen molar-refractivity contribution in [2.45, 2.75) is 26.9 Å². The number of aryl methyl sites for hydroxylation is 2. The summed E-state index contributed by atoms with van der Waals surface area (Å²) < 4.78 is 5.75. The first-order valence-electron chi connectivity index (χ1n) is 6.23. The Morgan fingerprint density at radius 3 is 2.80 bits per heavy atom. The molecular formula is C14H16ClN3OS. The van der Waals surface area contributed by atoms with Crippen LogP contribution < -0.4 is 10.5 Å². The van der Waals surface area contributed by atoms with Crippen LogP contribution in [0.3, 0.4) is 0 Å². The molecule has 0 bridgehead atoms. The smallest absolute Gasteiger partial charge is 0.140 e. The molecule has 0 aliphatic carbocycles. The number of thiazole rings is 1. The van der Waals surface area contributed by atoms with Gasteiger partial charge >= 0.3 is 0 Å². The molecule has 0 fully saturated rings. The molecule has 1 aromatic heterocycles. The lowest BCUT2D eigenvalue weighted by molar-refractivity contribution is 0.303. The van der Waals surface area contributed by atoms with E-state index < -0.39 is 0 Å². The summed E-state index contributed by atoms with van der Waals surface area (Å²) >= 11 is 7.32. The van der Waals surface area contributed by atoms with E-state index in [1.54, 1.807) is 6.07 Å². The zero-order valence-electron chi connectivity index (χ0n) is 11.4. The molecule has 0 amide bonds. The normalized spacial score (nSPS) is 10.6. The van der Waals surface area contributed by atoms with Gasteiger partial charge in [-0.25, -0.2) is 4.98 Å². The monoisotopic (exact) mass is 309 g/mol. The zero-order valence-corrected chi connectivity index (χ0v) is 12.9. The van der Waals surface area contributed by atoms with Crippen LogP contribution >= 0.6 is 22.9 Å². The molecule has 0 aliphatic heterocycles. The van der Waals surface area contributed by atoms with Gasteiger partial charge in [-0.05, 0) is 37.1 Å². The maximum atomic E-state index is 7.54. The fourth-order valence-corrected chi connectivity index (χ4v) is 2.98. The van der Waals surface area contributed by atoms with Gasteiger partial charge < -0.3 is 10.5 Å². The van der Waals surface area contributed by atoms with E-state index in [9.17, 15) is 0 Å². The molecule has 2 aromatic rings. The number of halogens is 1. The molecule has 106 valence electrons. The van der Waals surface area contributed by atoms with Crippen LogP contribution in [0.2, 0.25) is 5.02 Å². The van der Waals surface area contributed by atoms with Crippen molar-refractivity contribution < 1.29 is 4.74 Å². The van der Waals surface area contributed by atoms with Crippen LogP contribution in [0, 0.1) is 12.3 Å². The number of benzene rings is 1. The van der Waals surface area contributed by atoms with Gasteiger partial charge in [0.1, 0.15) is 23.2 Å². The Kier molecular flexibility index (Phi) is 4.62. The number of aromatic nitrogens is 1. The first-order chi connectivity index (χ1) is 9.51. The predicted octanol–water partition coefficient (Wildman–Crippen LogP) is 3.53. The van der Waals surface area contributed by atoms with Crippen LogP contribution in [0.1, 0.15) is 28.1 Å². The van der Waals surface area contributed by atoms with Crippen molar-refractivity contribution in [1.29, 1.82) is 5.41 Å². The third-order valence-electron chi connectivity index (χ3n) is 2.81. The Hall–Kier alpha value is -1.59. The molecule has 20 heavy (non-hydrogen) atoms. The molecule has 0 atom stereocenters. The molecule has 3 N–H and O–H groups in total. The number of nitrogen functional groups attached to an aromatic ring is 1. The average Bonchev–Trinajstić information content (AvgIpc) is 2.81. The van der Waals surface area contributed by atoms with Crippen molar-refractivity contribution in [3.05, 3.63) is 44.4 Å². The SMILES string of the molecule is CCc1nc(COc2ccc(Cl)cc2C)sc1C(=N)N. The number of hydrogen-bond acceptors (Lipinski definition) is 4. The minimum Gasteiger partial charge on any atom is -0.486 e. The van der Waals surface area contributed by atoms with Crippen LogP contribution in [0.15, 0.2) is 18.2 Å². The van der Waals surface area contributed by atoms with Crippen LogP contribution in [0.5, 0.6) is 5.75 Å². The van der Waals surface area contributed by atoms with Crippen LogP contribution in [0.4, 0.5) is 0 Å². The highest BCUT2D eigenvalue weighted by atomic mass is 35.5. The summed E-state index contributed by atoms with van der Waals surface area (Å²) in [6.07, 6.45) is 0.755. The Morgan fingerprint density at radius 2 is 2.25 bits per heavy atom. The molecule has 0 radical (unpaired) electrons. The van der Waals surface area contributed by atoms with Gasteiger partial charge in [0.25, 0.3) is 0 Å². The fraction of sp³-hybridized carbons (Fsp3) is 0.286. The van der Waals surface area contributed by atoms with E-state index in [1.165, 1.54) is 11.3 Å². The number of hydrogen-bond donors (Lipinski definition) is 2. The molecular weight excluding hydrogens is 294 g/mol. The third kappa shape index (κ3) is 3.29. The second-order valence-electron chi connectivity index (χ2n) is 4.35. The molecule has 0 saturated carbocycles. The minimum atomic E-state index is 0.0632. The molecule has 1 aromatic carbocycles. The Balaban J connectivity index is 2.13. The molecule has 0 unspecified atom stereocenters. The van der Waals surface area contributed by atoms with E-state index >= 15 is 0 Å². The van der Waals surface area contributed by atoms with Crippen molar-refractivity contribution in [3.63, 3.8) is 0 Å². The molecule has 6 heteroatoms. The van der Waals surface area contributed by atoms with Gasteiger partial charge in [-0.2, -0.15) is 0 Å². The number of rotatable bonds is 5. The summed E-state index contributed by atoms with van der Waals surface area (Å²) in [4.78, 5) is 5.19. The van der Waals surface area contributed by atoms with Crippen LogP contribution in [0.25, 0.3) is 0 Å². The molecule has 0 spiro atoms. The summed E-state index contributed by atoms with van der Waals surface area (Å²) in [5, 5.41) is 9.05. The van der Waals surface area contributed by atoms with E-state index in [-0.39, 0.29) is 5.84 Å². The fourth-order valence-electron chi connectivity index (χ4n) is 1.83. The van der Waals surface area contributed by atoms with Gasteiger partial charge in [0.05, 0.1) is 10.6 Å². The standard InChI is InChI=1S/C14H16ClN3OS/c1-3-10-13(14(16)17)20-12(18-10)7-19-11-5-4-9(15)6-8(11)2/h4-6H,3,7H2,1-2H3,(H3,16,17). The van der Waals surface area contributed by atoms with Gasteiger partial charge in [0.2, 0.25) is 0 Å². The first kappa shape index (κ1) is 14.8. The highest BCUT2D eigenvalue weighted by molar-refractivity contribution is 7.13. The van der Waals surface area contributed by atoms with Gasteiger partial charge in [-0.1, -0.05) is 18.5 Å². The van der Waals surface area contributed by atoms with Crippen molar-refractivity contribution >= 4 is 28.8 Å². The van der Waals surface area contributed by atoms with Crippen LogP contribution in [-0.4, -0.2) is 10.8 Å². The van der Waals surface area contributed by atoms with E-state index in [0.29, 0.717) is 11.6 Å². The van der Waals surface area contributed by atoms with Gasteiger partial charge in [-0.15, -0.1) is 11.3 Å². The largest absolute Gasteiger partial charge is 0.486 e. The van der Waals surface area contributed by atoms with E-state index in [1.807, 2.05) is 26.0 Å². The number of nitrogens with zero attached hydrogens (tertiary/aromatic N) is 1. The highest BCUT2D eigenvalue weighted by Crippen LogP contribution is 2.24. The highest BCUT2D eigenvalue weighted by Gasteiger charge is 2.12. The molecule has 2 rings (SSSR count). The lowest BCUT2D eigenvalue weighted by atomic mass is 10.2. The lowest BCUT2D eigenvalue weighted by Crippen LogP contribution is -2.11. The third-order valence-corrected chi connectivity index (χ3v) is 4.15. The second-order valence-corrected chi connectivity index (χ2v) is 5.87. The summed E-state index contributed by atoms with van der Waals surface area (Å²) in [5.41, 5.74) is 7.39. The quantitative estimate of drug-likeness (QED) is 0.655. The van der Waals surface area contributed by atoms with Crippen molar-refractivity contribution in [3.8, 4) is 5.75 Å². The number of amidine groups is 1. The first-order valence-corrected chi connectivity index (χ1v) is 7.42. The van der Waals surface area contributed by atoms with E-state index in [0.717, 1.165) is 33.3 Å². The van der Waals surface area contributed by atoms with Gasteiger partial charge in [0, 0.05) is 5.02 Å². The number of nitrogens with two attached hydrogens (primary N) is 1. The van der Waals surface area contributed by atoms with E-state index in [4.69, 9.17) is 27.5 Å². The van der Waals surface area contributed by atoms with Gasteiger partial charge in [-0.3, -0.25) is 5.41 Å². The summed E-state index contributed by atoms with van der Waals surface area (Å²) in [6, 6.07) is 5.50. The Morgan fingerprint density at radius 1 is 1.50 bits per heavy atom. The second kappa shape index (κ2) is 6.24. The topological polar surface area (TPSA) is 72.0 Å². The molecule has 4 nitrogen and oxygen atoms in total. The number of nitrogens with one attached hydrogen (secondary N) is 1. The Bertz CT molecular complexity index is 639. The van der Waals surface area contributed by atoms with Crippen molar-refractivity contribution in [1.82, 2.24) is 4.98 Å². The van der Waals surface area contributed by atoms with E-state index in [2.05, 4.69) is 4.98 Å². The summed E-state index contributed by atoms with van der Waals surface area (Å²) in [5.74, 6) is 0.847. The molecule has 0 aliphatic rings. The van der Waals surface area contributed by atoms with Crippen molar-refractivity contribution in [2.24, 2.45) is 5.73 Å². The molecule has 0 saturated heterocycles. The average molecular weight is 310 g/mol.